The molecule has 4 heteroatoms. The van der Waals surface area contributed by atoms with Crippen molar-refractivity contribution < 1.29 is 14.6 Å². The van der Waals surface area contributed by atoms with Crippen LogP contribution in [0.2, 0.25) is 0 Å². The zero-order valence-electron chi connectivity index (χ0n) is 11.1. The molecule has 0 spiro atoms. The molecule has 3 nitrogen and oxygen atoms in total. The molecule has 1 unspecified atom stereocenters. The van der Waals surface area contributed by atoms with Crippen molar-refractivity contribution in [2.24, 2.45) is 0 Å². The van der Waals surface area contributed by atoms with E-state index < -0.39 is 6.10 Å². The fourth-order valence-electron chi connectivity index (χ4n) is 1.95. The lowest BCUT2D eigenvalue weighted by Crippen LogP contribution is -2.21. The van der Waals surface area contributed by atoms with Crippen LogP contribution in [0.4, 0.5) is 4.39 Å². The summed E-state index contributed by atoms with van der Waals surface area (Å²) in [6, 6.07) is 13.5. The molecule has 0 aliphatic rings. The number of benzene rings is 2. The molecule has 1 atom stereocenters. The maximum atomic E-state index is 13.0. The second-order valence-corrected chi connectivity index (χ2v) is 4.68. The minimum Gasteiger partial charge on any atom is -0.392 e. The third-order valence-electron chi connectivity index (χ3n) is 3.11. The van der Waals surface area contributed by atoms with Gasteiger partial charge in [0.2, 0.25) is 0 Å². The largest absolute Gasteiger partial charge is 0.392 e. The molecule has 0 fully saturated rings. The molecule has 106 valence electrons. The van der Waals surface area contributed by atoms with Gasteiger partial charge < -0.3 is 15.5 Å². The first kappa shape index (κ1) is 14.7. The zero-order valence-corrected chi connectivity index (χ0v) is 11.1. The highest BCUT2D eigenvalue weighted by atomic mass is 19.1. The van der Waals surface area contributed by atoms with E-state index in [0.29, 0.717) is 18.7 Å². The first-order chi connectivity index (χ1) is 9.69. The molecule has 20 heavy (non-hydrogen) atoms. The van der Waals surface area contributed by atoms with Crippen LogP contribution in [-0.4, -0.2) is 16.8 Å². The Labute approximate surface area is 117 Å². The molecule has 0 aliphatic carbocycles. The molecule has 2 aromatic carbocycles. The summed E-state index contributed by atoms with van der Waals surface area (Å²) < 4.78 is 13.0. The highest BCUT2D eigenvalue weighted by molar-refractivity contribution is 5.22. The Morgan fingerprint density at radius 1 is 1.05 bits per heavy atom. The van der Waals surface area contributed by atoms with Crippen LogP contribution in [0.1, 0.15) is 22.8 Å². The molecule has 0 heterocycles. The topological polar surface area (TPSA) is 52.5 Å². The highest BCUT2D eigenvalue weighted by Crippen LogP contribution is 2.13. The predicted octanol–water partition coefficient (Wildman–Crippen LogP) is 2.14. The Kier molecular flexibility index (Phi) is 5.24. The molecule has 0 bridgehead atoms. The molecule has 0 amide bonds. The summed E-state index contributed by atoms with van der Waals surface area (Å²) >= 11 is 0. The van der Waals surface area contributed by atoms with Crippen LogP contribution in [0.15, 0.2) is 48.5 Å². The van der Waals surface area contributed by atoms with Gasteiger partial charge in [-0.3, -0.25) is 0 Å². The number of rotatable bonds is 6. The molecule has 3 N–H and O–H groups in total. The van der Waals surface area contributed by atoms with Gasteiger partial charge in [-0.15, -0.1) is 0 Å². The molecular formula is C16H18FNO2. The van der Waals surface area contributed by atoms with E-state index in [4.69, 9.17) is 5.11 Å². The number of hydrogen-bond donors (Lipinski definition) is 3. The average molecular weight is 275 g/mol. The van der Waals surface area contributed by atoms with Crippen molar-refractivity contribution in [2.75, 3.05) is 6.54 Å². The minimum atomic E-state index is -0.734. The lowest BCUT2D eigenvalue weighted by atomic mass is 10.1. The molecule has 0 saturated carbocycles. The summed E-state index contributed by atoms with van der Waals surface area (Å²) in [5.74, 6) is -0.346. The predicted molar refractivity (Wildman–Crippen MR) is 75.4 cm³/mol. The van der Waals surface area contributed by atoms with Crippen molar-refractivity contribution in [3.8, 4) is 0 Å². The zero-order chi connectivity index (χ0) is 14.4. The molecular weight excluding hydrogens is 257 g/mol. The average Bonchev–Trinajstić information content (AvgIpc) is 2.48. The van der Waals surface area contributed by atoms with E-state index in [0.717, 1.165) is 11.1 Å². The van der Waals surface area contributed by atoms with Gasteiger partial charge in [-0.1, -0.05) is 36.4 Å². The Bertz CT molecular complexity index is 542. The summed E-state index contributed by atoms with van der Waals surface area (Å²) in [7, 11) is 0. The third kappa shape index (κ3) is 4.13. The second kappa shape index (κ2) is 7.14. The van der Waals surface area contributed by atoms with Gasteiger partial charge in [0.05, 0.1) is 12.7 Å². The SMILES string of the molecule is OCc1ccc(CNCC(O)c2cccc(F)c2)cc1. The van der Waals surface area contributed by atoms with E-state index in [2.05, 4.69) is 5.32 Å². The van der Waals surface area contributed by atoms with Crippen molar-refractivity contribution in [2.45, 2.75) is 19.3 Å². The van der Waals surface area contributed by atoms with Gasteiger partial charge in [0.15, 0.2) is 0 Å². The summed E-state index contributed by atoms with van der Waals surface area (Å²) in [4.78, 5) is 0. The summed E-state index contributed by atoms with van der Waals surface area (Å²) in [5, 5.41) is 22.0. The summed E-state index contributed by atoms with van der Waals surface area (Å²) in [6.07, 6.45) is -0.734. The normalized spacial score (nSPS) is 12.3. The van der Waals surface area contributed by atoms with E-state index in [1.807, 2.05) is 24.3 Å². The van der Waals surface area contributed by atoms with Crippen molar-refractivity contribution in [3.63, 3.8) is 0 Å². The van der Waals surface area contributed by atoms with Gasteiger partial charge in [-0.05, 0) is 28.8 Å². The standard InChI is InChI=1S/C16H18FNO2/c17-15-3-1-2-14(8-15)16(20)10-18-9-12-4-6-13(11-19)7-5-12/h1-8,16,18-20H,9-11H2. The van der Waals surface area contributed by atoms with E-state index in [-0.39, 0.29) is 12.4 Å². The maximum absolute atomic E-state index is 13.0. The van der Waals surface area contributed by atoms with Crippen molar-refractivity contribution in [1.82, 2.24) is 5.32 Å². The maximum Gasteiger partial charge on any atom is 0.123 e. The number of aliphatic hydroxyl groups is 2. The van der Waals surface area contributed by atoms with E-state index in [1.54, 1.807) is 12.1 Å². The van der Waals surface area contributed by atoms with Crippen molar-refractivity contribution >= 4 is 0 Å². The van der Waals surface area contributed by atoms with Crippen LogP contribution in [0.5, 0.6) is 0 Å². The molecule has 0 radical (unpaired) electrons. The third-order valence-corrected chi connectivity index (χ3v) is 3.11. The number of hydrogen-bond acceptors (Lipinski definition) is 3. The van der Waals surface area contributed by atoms with Gasteiger partial charge in [-0.2, -0.15) is 0 Å². The van der Waals surface area contributed by atoms with Crippen molar-refractivity contribution in [3.05, 3.63) is 71.0 Å². The molecule has 2 aromatic rings. The lowest BCUT2D eigenvalue weighted by Gasteiger charge is -2.12. The van der Waals surface area contributed by atoms with Gasteiger partial charge >= 0.3 is 0 Å². The second-order valence-electron chi connectivity index (χ2n) is 4.68. The van der Waals surface area contributed by atoms with Gasteiger partial charge in [0.25, 0.3) is 0 Å². The van der Waals surface area contributed by atoms with Crippen LogP contribution in [0.25, 0.3) is 0 Å². The van der Waals surface area contributed by atoms with Gasteiger partial charge in [0, 0.05) is 13.1 Å². The first-order valence-corrected chi connectivity index (χ1v) is 6.52. The van der Waals surface area contributed by atoms with E-state index in [1.165, 1.54) is 12.1 Å². The molecule has 0 saturated heterocycles. The Morgan fingerprint density at radius 3 is 2.40 bits per heavy atom. The Balaban J connectivity index is 1.82. The van der Waals surface area contributed by atoms with Gasteiger partial charge in [0.1, 0.15) is 5.82 Å². The van der Waals surface area contributed by atoms with Crippen LogP contribution < -0.4 is 5.32 Å². The van der Waals surface area contributed by atoms with Crippen LogP contribution in [-0.2, 0) is 13.2 Å². The monoisotopic (exact) mass is 275 g/mol. The smallest absolute Gasteiger partial charge is 0.123 e. The molecule has 0 aliphatic heterocycles. The lowest BCUT2D eigenvalue weighted by molar-refractivity contribution is 0.174. The summed E-state index contributed by atoms with van der Waals surface area (Å²) in [6.45, 7) is 0.995. The molecule has 2 rings (SSSR count). The fourth-order valence-corrected chi connectivity index (χ4v) is 1.95. The van der Waals surface area contributed by atoms with Gasteiger partial charge in [-0.25, -0.2) is 4.39 Å². The summed E-state index contributed by atoms with van der Waals surface area (Å²) in [5.41, 5.74) is 2.50. The van der Waals surface area contributed by atoms with E-state index >= 15 is 0 Å². The first-order valence-electron chi connectivity index (χ1n) is 6.52. The minimum absolute atomic E-state index is 0.0337. The highest BCUT2D eigenvalue weighted by Gasteiger charge is 2.07. The Morgan fingerprint density at radius 2 is 1.75 bits per heavy atom. The quantitative estimate of drug-likeness (QED) is 0.757. The van der Waals surface area contributed by atoms with Crippen LogP contribution >= 0.6 is 0 Å². The van der Waals surface area contributed by atoms with Crippen molar-refractivity contribution in [1.29, 1.82) is 0 Å². The van der Waals surface area contributed by atoms with E-state index in [9.17, 15) is 9.50 Å². The number of nitrogens with one attached hydrogen (secondary N) is 1. The van der Waals surface area contributed by atoms with Crippen LogP contribution in [0, 0.1) is 5.82 Å². The number of aliphatic hydroxyl groups excluding tert-OH is 2. The van der Waals surface area contributed by atoms with Crippen LogP contribution in [0.3, 0.4) is 0 Å². The Hall–Kier alpha value is -1.75. The molecule has 0 aromatic heterocycles. The number of halogens is 1. The fraction of sp³-hybridized carbons (Fsp3) is 0.250.